The van der Waals surface area contributed by atoms with E-state index in [0.29, 0.717) is 11.6 Å². The number of carbonyl (C=O) groups is 2. The van der Waals surface area contributed by atoms with Crippen molar-refractivity contribution in [2.75, 3.05) is 0 Å². The third-order valence-corrected chi connectivity index (χ3v) is 8.34. The van der Waals surface area contributed by atoms with E-state index in [4.69, 9.17) is 0 Å². The zero-order valence-corrected chi connectivity index (χ0v) is 17.8. The van der Waals surface area contributed by atoms with Gasteiger partial charge in [-0.1, -0.05) is 12.1 Å². The van der Waals surface area contributed by atoms with Crippen LogP contribution < -0.4 is 0 Å². The standard InChI is InChI=1S/C22H19F4NO4S/c1-13-3-2-4-16(11-13)32(30,31)21(23)9-7-15(8-10-21)27-19(28)17-6-5-14(22(24,25)26)12-18(17)20(27)29/h2-6,11-12,15H,7-10H2,1H3/t15-,21+. The molecule has 0 saturated heterocycles. The van der Waals surface area contributed by atoms with Crippen LogP contribution in [0.2, 0.25) is 0 Å². The molecule has 0 atom stereocenters. The summed E-state index contributed by atoms with van der Waals surface area (Å²) in [6.45, 7) is 1.69. The monoisotopic (exact) mass is 469 g/mol. The van der Waals surface area contributed by atoms with Crippen LogP contribution >= 0.6 is 0 Å². The molecule has 0 bridgehead atoms. The predicted octanol–water partition coefficient (Wildman–Crippen LogP) is 4.69. The van der Waals surface area contributed by atoms with Crippen LogP contribution in [0.25, 0.3) is 0 Å². The summed E-state index contributed by atoms with van der Waals surface area (Å²) in [4.78, 5) is 26.1. The number of amides is 2. The Morgan fingerprint density at radius 1 is 0.969 bits per heavy atom. The lowest BCUT2D eigenvalue weighted by Crippen LogP contribution is -2.47. The number of fused-ring (bicyclic) bond motifs is 1. The number of alkyl halides is 4. The SMILES string of the molecule is Cc1cccc(S(=O)(=O)[C@]2(F)CC[C@H](N3C(=O)c4ccc(C(F)(F)F)cc4C3=O)CC2)c1. The van der Waals surface area contributed by atoms with Crippen LogP contribution in [-0.4, -0.2) is 36.2 Å². The smallest absolute Gasteiger partial charge is 0.271 e. The Hall–Kier alpha value is -2.75. The zero-order valence-electron chi connectivity index (χ0n) is 16.9. The second-order valence-electron chi connectivity index (χ2n) is 8.17. The predicted molar refractivity (Wildman–Crippen MR) is 106 cm³/mol. The first-order valence-electron chi connectivity index (χ1n) is 9.94. The van der Waals surface area contributed by atoms with Crippen molar-refractivity contribution in [2.24, 2.45) is 0 Å². The van der Waals surface area contributed by atoms with Crippen molar-refractivity contribution in [2.45, 2.75) is 54.7 Å². The van der Waals surface area contributed by atoms with E-state index in [-0.39, 0.29) is 28.9 Å². The molecule has 0 spiro atoms. The average Bonchev–Trinajstić information content (AvgIpc) is 2.98. The first-order chi connectivity index (χ1) is 14.8. The van der Waals surface area contributed by atoms with Crippen LogP contribution in [0.5, 0.6) is 0 Å². The number of rotatable bonds is 3. The van der Waals surface area contributed by atoms with Crippen molar-refractivity contribution >= 4 is 21.7 Å². The van der Waals surface area contributed by atoms with E-state index in [1.165, 1.54) is 18.2 Å². The van der Waals surface area contributed by atoms with Crippen molar-refractivity contribution in [3.05, 3.63) is 64.7 Å². The van der Waals surface area contributed by atoms with E-state index in [1.54, 1.807) is 13.0 Å². The van der Waals surface area contributed by atoms with Gasteiger partial charge in [0, 0.05) is 6.04 Å². The Balaban J connectivity index is 1.55. The molecule has 0 unspecified atom stereocenters. The molecule has 4 rings (SSSR count). The van der Waals surface area contributed by atoms with Gasteiger partial charge in [0.15, 0.2) is 0 Å². The van der Waals surface area contributed by atoms with E-state index >= 15 is 4.39 Å². The Bertz CT molecular complexity index is 1210. The highest BCUT2D eigenvalue weighted by Crippen LogP contribution is 2.43. The van der Waals surface area contributed by atoms with Gasteiger partial charge in [0.1, 0.15) is 0 Å². The van der Waals surface area contributed by atoms with Crippen molar-refractivity contribution in [1.82, 2.24) is 4.90 Å². The molecule has 1 heterocycles. The largest absolute Gasteiger partial charge is 0.416 e. The molecule has 1 saturated carbocycles. The summed E-state index contributed by atoms with van der Waals surface area (Å²) in [6, 6.07) is 7.44. The van der Waals surface area contributed by atoms with Crippen LogP contribution in [0.3, 0.4) is 0 Å². The highest BCUT2D eigenvalue weighted by atomic mass is 32.2. The van der Waals surface area contributed by atoms with Crippen molar-refractivity contribution in [3.63, 3.8) is 0 Å². The summed E-state index contributed by atoms with van der Waals surface area (Å²) in [5, 5.41) is -2.56. The molecule has 0 radical (unpaired) electrons. The number of aryl methyl sites for hydroxylation is 1. The number of hydrogen-bond acceptors (Lipinski definition) is 4. The van der Waals surface area contributed by atoms with Gasteiger partial charge in [-0.25, -0.2) is 12.8 Å². The van der Waals surface area contributed by atoms with Gasteiger partial charge in [-0.2, -0.15) is 13.2 Å². The minimum absolute atomic E-state index is 0.112. The van der Waals surface area contributed by atoms with Gasteiger partial charge in [0.2, 0.25) is 14.8 Å². The summed E-state index contributed by atoms with van der Waals surface area (Å²) in [5.41, 5.74) is -0.885. The number of nitrogens with zero attached hydrogens (tertiary/aromatic N) is 1. The van der Waals surface area contributed by atoms with Crippen LogP contribution in [0.15, 0.2) is 47.4 Å². The lowest BCUT2D eigenvalue weighted by molar-refractivity contribution is -0.137. The minimum Gasteiger partial charge on any atom is -0.271 e. The second kappa shape index (κ2) is 7.40. The number of imide groups is 1. The maximum Gasteiger partial charge on any atom is 0.416 e. The summed E-state index contributed by atoms with van der Waals surface area (Å²) < 4.78 is 80.3. The molecule has 2 aliphatic rings. The topological polar surface area (TPSA) is 71.5 Å². The van der Waals surface area contributed by atoms with E-state index in [1.807, 2.05) is 0 Å². The van der Waals surface area contributed by atoms with Gasteiger partial charge < -0.3 is 0 Å². The molecular weight excluding hydrogens is 450 g/mol. The highest BCUT2D eigenvalue weighted by molar-refractivity contribution is 7.92. The van der Waals surface area contributed by atoms with Crippen molar-refractivity contribution in [3.8, 4) is 0 Å². The normalized spacial score (nSPS) is 24.0. The molecule has 2 amide bonds. The van der Waals surface area contributed by atoms with Gasteiger partial charge in [-0.15, -0.1) is 0 Å². The van der Waals surface area contributed by atoms with E-state index < -0.39 is 57.3 Å². The zero-order chi connectivity index (χ0) is 23.5. The number of sulfone groups is 1. The van der Waals surface area contributed by atoms with Crippen LogP contribution in [0.4, 0.5) is 17.6 Å². The molecule has 1 fully saturated rings. The molecule has 0 N–H and O–H groups in total. The Labute approximate surface area is 181 Å². The maximum absolute atomic E-state index is 15.6. The average molecular weight is 469 g/mol. The molecule has 2 aromatic carbocycles. The second-order valence-corrected chi connectivity index (χ2v) is 10.4. The molecule has 32 heavy (non-hydrogen) atoms. The summed E-state index contributed by atoms with van der Waals surface area (Å²) in [7, 11) is -4.31. The summed E-state index contributed by atoms with van der Waals surface area (Å²) >= 11 is 0. The van der Waals surface area contributed by atoms with Gasteiger partial charge in [0.05, 0.1) is 21.6 Å². The third kappa shape index (κ3) is 3.50. The third-order valence-electron chi connectivity index (χ3n) is 6.09. The fourth-order valence-electron chi connectivity index (χ4n) is 4.32. The lowest BCUT2D eigenvalue weighted by atomic mass is 9.92. The van der Waals surface area contributed by atoms with E-state index in [9.17, 15) is 31.2 Å². The van der Waals surface area contributed by atoms with Crippen molar-refractivity contribution in [1.29, 1.82) is 0 Å². The fourth-order valence-corrected chi connectivity index (χ4v) is 6.12. The Morgan fingerprint density at radius 2 is 1.59 bits per heavy atom. The van der Waals surface area contributed by atoms with Crippen LogP contribution in [0.1, 0.15) is 57.5 Å². The fraction of sp³-hybridized carbons (Fsp3) is 0.364. The van der Waals surface area contributed by atoms with E-state index in [2.05, 4.69) is 0 Å². The molecule has 1 aliphatic heterocycles. The van der Waals surface area contributed by atoms with Crippen molar-refractivity contribution < 1.29 is 35.6 Å². The Morgan fingerprint density at radius 3 is 2.19 bits per heavy atom. The summed E-state index contributed by atoms with van der Waals surface area (Å²) in [5.74, 6) is -1.63. The minimum atomic E-state index is -4.67. The van der Waals surface area contributed by atoms with Gasteiger partial charge >= 0.3 is 6.18 Å². The molecule has 5 nitrogen and oxygen atoms in total. The Kier molecular flexibility index (Phi) is 5.19. The number of halogens is 4. The van der Waals surface area contributed by atoms with Gasteiger partial charge in [-0.05, 0) is 68.5 Å². The molecule has 0 aromatic heterocycles. The molecular formula is C22H19F4NO4S. The van der Waals surface area contributed by atoms with Crippen LogP contribution in [0, 0.1) is 6.92 Å². The quantitative estimate of drug-likeness (QED) is 0.483. The first-order valence-corrected chi connectivity index (χ1v) is 11.4. The molecule has 2 aromatic rings. The maximum atomic E-state index is 15.6. The molecule has 170 valence electrons. The number of carbonyl (C=O) groups excluding carboxylic acids is 2. The first kappa shape index (κ1) is 22.4. The van der Waals surface area contributed by atoms with Gasteiger partial charge in [-0.3, -0.25) is 14.5 Å². The van der Waals surface area contributed by atoms with Crippen LogP contribution in [-0.2, 0) is 16.0 Å². The highest BCUT2D eigenvalue weighted by Gasteiger charge is 2.51. The molecule has 1 aliphatic carbocycles. The molecule has 10 heteroatoms. The number of hydrogen-bond donors (Lipinski definition) is 0. The van der Waals surface area contributed by atoms with Gasteiger partial charge in [0.25, 0.3) is 11.8 Å². The number of benzene rings is 2. The van der Waals surface area contributed by atoms with E-state index in [0.717, 1.165) is 17.0 Å². The summed E-state index contributed by atoms with van der Waals surface area (Å²) in [6.07, 6.45) is -5.77. The lowest BCUT2D eigenvalue weighted by Gasteiger charge is -2.36.